The molecule has 1 aliphatic carbocycles. The maximum atomic E-state index is 15.5. The van der Waals surface area contributed by atoms with E-state index < -0.39 is 58.7 Å². The Bertz CT molecular complexity index is 1660. The van der Waals surface area contributed by atoms with Crippen LogP contribution in [-0.2, 0) is 11.2 Å². The molecule has 220 valence electrons. The number of carbonyl (C=O) groups excluding carboxylic acids is 1. The van der Waals surface area contributed by atoms with Crippen molar-refractivity contribution in [2.45, 2.75) is 50.2 Å². The van der Waals surface area contributed by atoms with Crippen LogP contribution in [0.4, 0.5) is 17.6 Å². The van der Waals surface area contributed by atoms with E-state index in [0.29, 0.717) is 16.8 Å². The predicted octanol–water partition coefficient (Wildman–Crippen LogP) is 4.97. The van der Waals surface area contributed by atoms with E-state index in [1.807, 2.05) is 0 Å². The van der Waals surface area contributed by atoms with Crippen LogP contribution >= 0.6 is 0 Å². The Balaban J connectivity index is 1.51. The summed E-state index contributed by atoms with van der Waals surface area (Å²) in [5.74, 6) is -1.91. The summed E-state index contributed by atoms with van der Waals surface area (Å²) in [7, 11) is 1.39. The number of pyridine rings is 1. The summed E-state index contributed by atoms with van der Waals surface area (Å²) in [6.45, 7) is 1.45. The van der Waals surface area contributed by atoms with Gasteiger partial charge in [-0.3, -0.25) is 4.79 Å². The quantitative estimate of drug-likeness (QED) is 0.238. The van der Waals surface area contributed by atoms with Gasteiger partial charge in [-0.1, -0.05) is 0 Å². The second kappa shape index (κ2) is 10.9. The number of nitrogens with one attached hydrogen (secondary N) is 1. The maximum absolute atomic E-state index is 15.5. The van der Waals surface area contributed by atoms with E-state index in [4.69, 9.17) is 4.74 Å². The molecule has 1 atom stereocenters. The average molecular weight is 585 g/mol. The number of hydrogen-bond acceptors (Lipinski definition) is 7. The summed E-state index contributed by atoms with van der Waals surface area (Å²) < 4.78 is 63.3. The highest BCUT2D eigenvalue weighted by molar-refractivity contribution is 6.00. The van der Waals surface area contributed by atoms with E-state index in [1.165, 1.54) is 45.2 Å². The smallest absolute Gasteiger partial charge is 0.274 e. The molecule has 0 bridgehead atoms. The zero-order chi connectivity index (χ0) is 30.4. The molecule has 12 heteroatoms. The number of hydrogen-bond donors (Lipinski definition) is 3. The van der Waals surface area contributed by atoms with Crippen molar-refractivity contribution in [3.8, 4) is 17.0 Å². The van der Waals surface area contributed by atoms with Crippen LogP contribution in [0.3, 0.4) is 0 Å². The molecule has 1 saturated carbocycles. The second-order valence-corrected chi connectivity index (χ2v) is 10.9. The van der Waals surface area contributed by atoms with Gasteiger partial charge in [0.05, 0.1) is 30.6 Å². The maximum Gasteiger partial charge on any atom is 0.274 e. The normalized spacial score (nSPS) is 15.1. The number of amides is 1. The molecule has 1 aliphatic rings. The lowest BCUT2D eigenvalue weighted by Crippen LogP contribution is -2.47. The van der Waals surface area contributed by atoms with Crippen molar-refractivity contribution in [1.82, 2.24) is 20.5 Å². The molecule has 0 radical (unpaired) electrons. The van der Waals surface area contributed by atoms with Crippen molar-refractivity contribution in [2.75, 3.05) is 13.7 Å². The fourth-order valence-electron chi connectivity index (χ4n) is 4.60. The van der Waals surface area contributed by atoms with Gasteiger partial charge in [-0.05, 0) is 75.2 Å². The molecule has 4 aromatic rings. The third kappa shape index (κ3) is 5.64. The zero-order valence-corrected chi connectivity index (χ0v) is 23.0. The van der Waals surface area contributed by atoms with E-state index in [1.54, 1.807) is 6.07 Å². The summed E-state index contributed by atoms with van der Waals surface area (Å²) in [6, 6.07) is 9.96. The number of nitrogens with zero attached hydrogens (tertiary/aromatic N) is 3. The number of aromatic nitrogens is 3. The molecular weight excluding hydrogens is 556 g/mol. The highest BCUT2D eigenvalue weighted by atomic mass is 19.3. The van der Waals surface area contributed by atoms with E-state index in [-0.39, 0.29) is 16.9 Å². The molecule has 1 unspecified atom stereocenters. The Morgan fingerprint density at radius 1 is 1.07 bits per heavy atom. The minimum absolute atomic E-state index is 0.0267. The van der Waals surface area contributed by atoms with Crippen LogP contribution in [0.5, 0.6) is 5.75 Å². The molecule has 2 aromatic carbocycles. The first-order valence-corrected chi connectivity index (χ1v) is 13.2. The van der Waals surface area contributed by atoms with Crippen LogP contribution in [0.25, 0.3) is 22.2 Å². The van der Waals surface area contributed by atoms with Gasteiger partial charge in [0.25, 0.3) is 12.3 Å². The van der Waals surface area contributed by atoms with Crippen LogP contribution in [0.1, 0.15) is 59.9 Å². The molecule has 0 saturated heterocycles. The number of methoxy groups -OCH3 is 1. The van der Waals surface area contributed by atoms with Gasteiger partial charge in [-0.25, -0.2) is 22.5 Å². The Hall–Kier alpha value is -4.16. The Kier molecular flexibility index (Phi) is 7.62. The number of aliphatic hydroxyl groups is 2. The summed E-state index contributed by atoms with van der Waals surface area (Å²) in [6.07, 6.45) is -1.52. The summed E-state index contributed by atoms with van der Waals surface area (Å²) in [5, 5.41) is 33.1. The number of ether oxygens (including phenoxy) is 1. The lowest BCUT2D eigenvalue weighted by molar-refractivity contribution is -0.101. The lowest BCUT2D eigenvalue weighted by atomic mass is 9.90. The topological polar surface area (TPSA) is 117 Å². The van der Waals surface area contributed by atoms with Crippen LogP contribution in [0.2, 0.25) is 0 Å². The second-order valence-electron chi connectivity index (χ2n) is 10.9. The first kappa shape index (κ1) is 29.3. The molecule has 2 aromatic heterocycles. The molecule has 5 rings (SSSR count). The predicted molar refractivity (Wildman–Crippen MR) is 145 cm³/mol. The molecule has 1 fully saturated rings. The standard InChI is InChI=1S/C30H28F4N4O4/c1-29(2,40)20-13-23(36-26(24(20)32)16-6-8-19(31)9-7-16)30(41,28(33)34)14-35-27(39)18-10-17-11-21(15-4-5-15)37-38-25(17)22(12-18)42-3/h6-13,15,28,40-41H,4-5,14H2,1-3H3,(H,35,39). The highest BCUT2D eigenvalue weighted by Crippen LogP contribution is 2.40. The molecule has 8 nitrogen and oxygen atoms in total. The van der Waals surface area contributed by atoms with E-state index in [9.17, 15) is 28.2 Å². The highest BCUT2D eigenvalue weighted by Gasteiger charge is 2.43. The number of benzene rings is 2. The van der Waals surface area contributed by atoms with Crippen molar-refractivity contribution in [2.24, 2.45) is 0 Å². The van der Waals surface area contributed by atoms with Gasteiger partial charge < -0.3 is 20.3 Å². The molecule has 3 N–H and O–H groups in total. The van der Waals surface area contributed by atoms with Crippen molar-refractivity contribution in [3.63, 3.8) is 0 Å². The van der Waals surface area contributed by atoms with Gasteiger partial charge in [0.15, 0.2) is 11.4 Å². The van der Waals surface area contributed by atoms with E-state index in [2.05, 4.69) is 20.5 Å². The zero-order valence-electron chi connectivity index (χ0n) is 23.0. The van der Waals surface area contributed by atoms with E-state index >= 15 is 4.39 Å². The Morgan fingerprint density at radius 3 is 2.36 bits per heavy atom. The average Bonchev–Trinajstić information content (AvgIpc) is 3.80. The third-order valence-corrected chi connectivity index (χ3v) is 7.21. The first-order chi connectivity index (χ1) is 19.8. The number of rotatable bonds is 9. The minimum atomic E-state index is -3.49. The van der Waals surface area contributed by atoms with Gasteiger partial charge in [0, 0.05) is 28.0 Å². The Labute approximate surface area is 238 Å². The van der Waals surface area contributed by atoms with Crippen LogP contribution in [0, 0.1) is 11.6 Å². The number of alkyl halides is 2. The van der Waals surface area contributed by atoms with Crippen molar-refractivity contribution >= 4 is 16.8 Å². The largest absolute Gasteiger partial charge is 0.494 e. The van der Waals surface area contributed by atoms with Crippen LogP contribution in [0.15, 0.2) is 48.5 Å². The molecule has 2 heterocycles. The first-order valence-electron chi connectivity index (χ1n) is 13.2. The summed E-state index contributed by atoms with van der Waals surface area (Å²) >= 11 is 0. The monoisotopic (exact) mass is 584 g/mol. The number of halogens is 4. The van der Waals surface area contributed by atoms with Gasteiger partial charge in [0.2, 0.25) is 0 Å². The molecular formula is C30H28F4N4O4. The van der Waals surface area contributed by atoms with Crippen LogP contribution < -0.4 is 10.1 Å². The third-order valence-electron chi connectivity index (χ3n) is 7.21. The van der Waals surface area contributed by atoms with Crippen molar-refractivity contribution < 1.29 is 37.3 Å². The van der Waals surface area contributed by atoms with Gasteiger partial charge in [-0.2, -0.15) is 5.10 Å². The summed E-state index contributed by atoms with van der Waals surface area (Å²) in [4.78, 5) is 17.1. The van der Waals surface area contributed by atoms with Crippen molar-refractivity contribution in [1.29, 1.82) is 0 Å². The van der Waals surface area contributed by atoms with Gasteiger partial charge >= 0.3 is 0 Å². The number of carbonyl (C=O) groups is 1. The van der Waals surface area contributed by atoms with Crippen molar-refractivity contribution in [3.05, 3.63) is 82.7 Å². The molecule has 1 amide bonds. The van der Waals surface area contributed by atoms with E-state index in [0.717, 1.165) is 36.7 Å². The fraction of sp³-hybridized carbons (Fsp3) is 0.333. The molecule has 0 aliphatic heterocycles. The lowest BCUT2D eigenvalue weighted by Gasteiger charge is -2.30. The van der Waals surface area contributed by atoms with Gasteiger partial charge in [0.1, 0.15) is 22.8 Å². The summed E-state index contributed by atoms with van der Waals surface area (Å²) in [5.41, 5.74) is -5.29. The SMILES string of the molecule is COc1cc(C(=O)NCC(O)(c2cc(C(C)(C)O)c(F)c(-c3ccc(F)cc3)n2)C(F)F)cc2cc(C3CC3)nnc12. The minimum Gasteiger partial charge on any atom is -0.494 e. The Morgan fingerprint density at radius 2 is 1.76 bits per heavy atom. The molecule has 42 heavy (non-hydrogen) atoms. The fourth-order valence-corrected chi connectivity index (χ4v) is 4.60. The van der Waals surface area contributed by atoms with Gasteiger partial charge in [-0.15, -0.1) is 5.10 Å². The number of fused-ring (bicyclic) bond motifs is 1. The molecule has 0 spiro atoms. The van der Waals surface area contributed by atoms with Crippen LogP contribution in [-0.4, -0.2) is 51.4 Å².